The zero-order valence-electron chi connectivity index (χ0n) is 6.64. The molecule has 0 aromatic carbocycles. The fourth-order valence-electron chi connectivity index (χ4n) is 0.952. The van der Waals surface area contributed by atoms with Crippen molar-refractivity contribution < 1.29 is 20.4 Å². The Bertz CT molecular complexity index is 86.4. The van der Waals surface area contributed by atoms with Gasteiger partial charge in [-0.3, -0.25) is 0 Å². The maximum atomic E-state index is 9.10. The van der Waals surface area contributed by atoms with Crippen molar-refractivity contribution in [2.75, 3.05) is 19.8 Å². The molecule has 3 unspecified atom stereocenters. The molecule has 0 aromatic heterocycles. The second-order valence-electron chi connectivity index (χ2n) is 2.76. The highest BCUT2D eigenvalue weighted by molar-refractivity contribution is 4.72. The highest BCUT2D eigenvalue weighted by Gasteiger charge is 2.23. The van der Waals surface area contributed by atoms with E-state index in [-0.39, 0.29) is 25.7 Å². The predicted molar refractivity (Wildman–Crippen MR) is 39.9 cm³/mol. The van der Waals surface area contributed by atoms with Gasteiger partial charge in [-0.2, -0.15) is 0 Å². The molecule has 4 nitrogen and oxygen atoms in total. The van der Waals surface area contributed by atoms with E-state index in [4.69, 9.17) is 20.4 Å². The van der Waals surface area contributed by atoms with Gasteiger partial charge >= 0.3 is 0 Å². The molecule has 0 amide bonds. The van der Waals surface area contributed by atoms with Gasteiger partial charge in [-0.1, -0.05) is 6.92 Å². The molecule has 0 saturated heterocycles. The van der Waals surface area contributed by atoms with Crippen molar-refractivity contribution in [1.82, 2.24) is 0 Å². The van der Waals surface area contributed by atoms with Crippen molar-refractivity contribution >= 4 is 0 Å². The molecule has 0 aliphatic carbocycles. The zero-order valence-corrected chi connectivity index (χ0v) is 6.64. The van der Waals surface area contributed by atoms with Gasteiger partial charge in [0.15, 0.2) is 0 Å². The summed E-state index contributed by atoms with van der Waals surface area (Å²) in [5.74, 6) is -0.632. The van der Waals surface area contributed by atoms with E-state index in [1.54, 1.807) is 6.92 Å². The van der Waals surface area contributed by atoms with Gasteiger partial charge in [0.05, 0.1) is 12.7 Å². The lowest BCUT2D eigenvalue weighted by molar-refractivity contribution is -0.0114. The van der Waals surface area contributed by atoms with Gasteiger partial charge in [0.1, 0.15) is 0 Å². The number of aliphatic hydroxyl groups excluding tert-OH is 4. The van der Waals surface area contributed by atoms with E-state index >= 15 is 0 Å². The standard InChI is InChI=1S/C7H16O4/c1-5(2-8)6(3-9)7(11)4-10/h5-11H,2-4H2,1H3. The van der Waals surface area contributed by atoms with Crippen LogP contribution in [0.25, 0.3) is 0 Å². The summed E-state index contributed by atoms with van der Waals surface area (Å²) in [6, 6.07) is 0. The van der Waals surface area contributed by atoms with E-state index in [0.29, 0.717) is 0 Å². The first kappa shape index (κ1) is 10.8. The Morgan fingerprint density at radius 1 is 1.00 bits per heavy atom. The molecule has 4 N–H and O–H groups in total. The Hall–Kier alpha value is -0.160. The van der Waals surface area contributed by atoms with Crippen molar-refractivity contribution in [2.24, 2.45) is 11.8 Å². The van der Waals surface area contributed by atoms with Crippen molar-refractivity contribution in [3.05, 3.63) is 0 Å². The van der Waals surface area contributed by atoms with Crippen LogP contribution in [0.3, 0.4) is 0 Å². The first-order valence-corrected chi connectivity index (χ1v) is 3.68. The van der Waals surface area contributed by atoms with Crippen molar-refractivity contribution in [3.63, 3.8) is 0 Å². The highest BCUT2D eigenvalue weighted by Crippen LogP contribution is 2.14. The Labute approximate surface area is 66.1 Å². The minimum absolute atomic E-state index is 0.0950. The molecule has 0 rings (SSSR count). The largest absolute Gasteiger partial charge is 0.396 e. The third-order valence-electron chi connectivity index (χ3n) is 1.91. The smallest absolute Gasteiger partial charge is 0.0824 e. The summed E-state index contributed by atoms with van der Waals surface area (Å²) in [5, 5.41) is 35.1. The number of hydrogen-bond donors (Lipinski definition) is 4. The van der Waals surface area contributed by atoms with Gasteiger partial charge in [0, 0.05) is 19.1 Å². The monoisotopic (exact) mass is 164 g/mol. The van der Waals surface area contributed by atoms with Crippen LogP contribution in [0, 0.1) is 11.8 Å². The fraction of sp³-hybridized carbons (Fsp3) is 1.00. The normalized spacial score (nSPS) is 19.4. The summed E-state index contributed by atoms with van der Waals surface area (Å²) < 4.78 is 0. The summed E-state index contributed by atoms with van der Waals surface area (Å²) in [6.45, 7) is 1.01. The molecule has 0 aliphatic heterocycles. The van der Waals surface area contributed by atoms with Crippen LogP contribution in [-0.2, 0) is 0 Å². The van der Waals surface area contributed by atoms with Gasteiger partial charge in [-0.05, 0) is 5.92 Å². The summed E-state index contributed by atoms with van der Waals surface area (Å²) in [5.41, 5.74) is 0. The molecule has 0 heterocycles. The Balaban J connectivity index is 3.92. The van der Waals surface area contributed by atoms with Gasteiger partial charge < -0.3 is 20.4 Å². The Kier molecular flexibility index (Phi) is 5.41. The van der Waals surface area contributed by atoms with Crippen LogP contribution < -0.4 is 0 Å². The molecule has 11 heavy (non-hydrogen) atoms. The SMILES string of the molecule is CC(CO)C(CO)C(O)CO. The summed E-state index contributed by atoms with van der Waals surface area (Å²) in [4.78, 5) is 0. The second kappa shape index (κ2) is 5.49. The van der Waals surface area contributed by atoms with E-state index in [0.717, 1.165) is 0 Å². The molecular weight excluding hydrogens is 148 g/mol. The topological polar surface area (TPSA) is 80.9 Å². The van der Waals surface area contributed by atoms with E-state index in [2.05, 4.69) is 0 Å². The minimum atomic E-state index is -0.942. The molecule has 4 heteroatoms. The van der Waals surface area contributed by atoms with Crippen LogP contribution >= 0.6 is 0 Å². The predicted octanol–water partition coefficient (Wildman–Crippen LogP) is -1.42. The van der Waals surface area contributed by atoms with Gasteiger partial charge in [-0.25, -0.2) is 0 Å². The van der Waals surface area contributed by atoms with Crippen LogP contribution in [0.2, 0.25) is 0 Å². The van der Waals surface area contributed by atoms with E-state index in [1.165, 1.54) is 0 Å². The molecule has 0 radical (unpaired) electrons. The van der Waals surface area contributed by atoms with Crippen LogP contribution in [0.5, 0.6) is 0 Å². The quantitative estimate of drug-likeness (QED) is 0.402. The van der Waals surface area contributed by atoms with Gasteiger partial charge in [0.25, 0.3) is 0 Å². The molecule has 0 fully saturated rings. The molecule has 0 bridgehead atoms. The van der Waals surface area contributed by atoms with Crippen molar-refractivity contribution in [3.8, 4) is 0 Å². The second-order valence-corrected chi connectivity index (χ2v) is 2.76. The third-order valence-corrected chi connectivity index (χ3v) is 1.91. The molecule has 0 aliphatic rings. The van der Waals surface area contributed by atoms with E-state index in [1.807, 2.05) is 0 Å². The first-order valence-electron chi connectivity index (χ1n) is 3.68. The number of rotatable bonds is 5. The van der Waals surface area contributed by atoms with Crippen molar-refractivity contribution in [1.29, 1.82) is 0 Å². The lowest BCUT2D eigenvalue weighted by Gasteiger charge is -2.23. The lowest BCUT2D eigenvalue weighted by Crippen LogP contribution is -2.33. The van der Waals surface area contributed by atoms with Crippen molar-refractivity contribution in [2.45, 2.75) is 13.0 Å². The average Bonchev–Trinajstić information content (AvgIpc) is 2.05. The molecular formula is C7H16O4. The Morgan fingerprint density at radius 3 is 1.82 bits per heavy atom. The highest BCUT2D eigenvalue weighted by atomic mass is 16.3. The van der Waals surface area contributed by atoms with Crippen LogP contribution in [0.1, 0.15) is 6.92 Å². The van der Waals surface area contributed by atoms with Crippen LogP contribution in [-0.4, -0.2) is 46.4 Å². The first-order chi connectivity index (χ1) is 5.17. The molecule has 68 valence electrons. The molecule has 0 spiro atoms. The maximum absolute atomic E-state index is 9.10. The third kappa shape index (κ3) is 3.16. The summed E-state index contributed by atoms with van der Waals surface area (Å²) in [6.07, 6.45) is -0.942. The average molecular weight is 164 g/mol. The number of hydrogen-bond acceptors (Lipinski definition) is 4. The molecule has 0 aromatic rings. The fourth-order valence-corrected chi connectivity index (χ4v) is 0.952. The zero-order chi connectivity index (χ0) is 8.85. The van der Waals surface area contributed by atoms with Gasteiger partial charge in [-0.15, -0.1) is 0 Å². The minimum Gasteiger partial charge on any atom is -0.396 e. The van der Waals surface area contributed by atoms with Gasteiger partial charge in [0.2, 0.25) is 0 Å². The summed E-state index contributed by atoms with van der Waals surface area (Å²) >= 11 is 0. The summed E-state index contributed by atoms with van der Waals surface area (Å²) in [7, 11) is 0. The lowest BCUT2D eigenvalue weighted by atomic mass is 9.90. The Morgan fingerprint density at radius 2 is 1.55 bits per heavy atom. The van der Waals surface area contributed by atoms with E-state index in [9.17, 15) is 0 Å². The number of aliphatic hydroxyl groups is 4. The van der Waals surface area contributed by atoms with E-state index < -0.39 is 12.0 Å². The molecule has 3 atom stereocenters. The molecule has 0 saturated carbocycles. The maximum Gasteiger partial charge on any atom is 0.0824 e. The van der Waals surface area contributed by atoms with Crippen LogP contribution in [0.15, 0.2) is 0 Å². The van der Waals surface area contributed by atoms with Crippen LogP contribution in [0.4, 0.5) is 0 Å².